The van der Waals surface area contributed by atoms with E-state index in [4.69, 9.17) is 0 Å². The van der Waals surface area contributed by atoms with Crippen LogP contribution in [0.5, 0.6) is 0 Å². The first-order valence-corrected chi connectivity index (χ1v) is 10.3. The second-order valence-electron chi connectivity index (χ2n) is 7.28. The third kappa shape index (κ3) is 3.81. The van der Waals surface area contributed by atoms with Crippen LogP contribution in [0.4, 0.5) is 0 Å². The number of nitrogens with one attached hydrogen (secondary N) is 1. The number of nitrogens with zero attached hydrogens (tertiary/aromatic N) is 2. The van der Waals surface area contributed by atoms with Gasteiger partial charge < -0.3 is 9.88 Å². The number of aromatic amines is 1. The number of likely N-dealkylation sites (tertiary alicyclic amines) is 1. The number of carbonyl (C=O) groups excluding carboxylic acids is 1. The van der Waals surface area contributed by atoms with E-state index in [-0.39, 0.29) is 23.3 Å². The van der Waals surface area contributed by atoms with Crippen molar-refractivity contribution in [1.29, 1.82) is 0 Å². The van der Waals surface area contributed by atoms with E-state index in [0.29, 0.717) is 5.52 Å². The molecule has 3 aromatic heterocycles. The van der Waals surface area contributed by atoms with Crippen molar-refractivity contribution in [2.24, 2.45) is 5.92 Å². The summed E-state index contributed by atoms with van der Waals surface area (Å²) in [7, 11) is 0. The summed E-state index contributed by atoms with van der Waals surface area (Å²) in [5.41, 5.74) is 1.31. The highest BCUT2D eigenvalue weighted by molar-refractivity contribution is 7.09. The molecule has 1 aliphatic rings. The largest absolute Gasteiger partial charge is 0.342 e. The molecule has 0 aliphatic carbocycles. The Morgan fingerprint density at radius 3 is 2.89 bits per heavy atom. The Labute approximate surface area is 162 Å². The van der Waals surface area contributed by atoms with Gasteiger partial charge in [0.05, 0.1) is 0 Å². The number of amides is 1. The van der Waals surface area contributed by atoms with Gasteiger partial charge in [-0.25, -0.2) is 0 Å². The highest BCUT2D eigenvalue weighted by Gasteiger charge is 2.27. The molecular weight excluding hydrogens is 358 g/mol. The first-order chi connectivity index (χ1) is 13.1. The molecule has 4 heterocycles. The van der Waals surface area contributed by atoms with Gasteiger partial charge in [-0.2, -0.15) is 0 Å². The van der Waals surface area contributed by atoms with Gasteiger partial charge in [-0.05, 0) is 42.8 Å². The lowest BCUT2D eigenvalue weighted by atomic mass is 9.91. The summed E-state index contributed by atoms with van der Waals surface area (Å²) in [6, 6.07) is 9.92. The lowest BCUT2D eigenvalue weighted by molar-refractivity contribution is -0.136. The van der Waals surface area contributed by atoms with E-state index in [9.17, 15) is 9.59 Å². The van der Waals surface area contributed by atoms with Crippen molar-refractivity contribution in [1.82, 2.24) is 14.9 Å². The Hall–Kier alpha value is -2.47. The number of hydrogen-bond donors (Lipinski definition) is 1. The predicted molar refractivity (Wildman–Crippen MR) is 108 cm³/mol. The zero-order valence-corrected chi connectivity index (χ0v) is 16.2. The summed E-state index contributed by atoms with van der Waals surface area (Å²) in [5, 5.41) is 2.93. The Kier molecular flexibility index (Phi) is 5.07. The molecule has 27 heavy (non-hydrogen) atoms. The van der Waals surface area contributed by atoms with E-state index in [1.54, 1.807) is 17.5 Å². The van der Waals surface area contributed by atoms with E-state index < -0.39 is 0 Å². The zero-order chi connectivity index (χ0) is 18.8. The number of rotatable bonds is 4. The number of piperidine rings is 1. The van der Waals surface area contributed by atoms with Crippen LogP contribution in [0.25, 0.3) is 10.9 Å². The summed E-state index contributed by atoms with van der Waals surface area (Å²) in [6.07, 6.45) is 4.19. The molecule has 1 fully saturated rings. The number of hydrogen-bond acceptors (Lipinski definition) is 4. The van der Waals surface area contributed by atoms with Crippen LogP contribution in [-0.2, 0) is 11.2 Å². The zero-order valence-electron chi connectivity index (χ0n) is 15.4. The highest BCUT2D eigenvalue weighted by Crippen LogP contribution is 2.28. The van der Waals surface area contributed by atoms with E-state index in [1.165, 1.54) is 4.88 Å². The van der Waals surface area contributed by atoms with E-state index >= 15 is 0 Å². The van der Waals surface area contributed by atoms with Gasteiger partial charge in [-0.1, -0.05) is 19.1 Å². The molecule has 3 aromatic rings. The Morgan fingerprint density at radius 1 is 1.33 bits per heavy atom. The van der Waals surface area contributed by atoms with Gasteiger partial charge in [0.15, 0.2) is 0 Å². The number of thiophene rings is 1. The van der Waals surface area contributed by atoms with E-state index in [1.807, 2.05) is 36.1 Å². The normalized spacial score (nSPS) is 16.6. The van der Waals surface area contributed by atoms with Crippen molar-refractivity contribution >= 4 is 28.1 Å². The first kappa shape index (κ1) is 17.9. The number of carbonyl (C=O) groups is 1. The summed E-state index contributed by atoms with van der Waals surface area (Å²) in [4.78, 5) is 35.4. The van der Waals surface area contributed by atoms with Gasteiger partial charge in [-0.3, -0.25) is 14.6 Å². The average molecular weight is 382 g/mol. The molecule has 0 unspecified atom stereocenters. The van der Waals surface area contributed by atoms with Crippen molar-refractivity contribution in [2.45, 2.75) is 32.1 Å². The molecular formula is C21H23N3O2S. The fourth-order valence-corrected chi connectivity index (χ4v) is 4.71. The molecule has 0 radical (unpaired) electrons. The Morgan fingerprint density at radius 2 is 2.15 bits per heavy atom. The number of aromatic nitrogens is 2. The molecule has 1 aliphatic heterocycles. The van der Waals surface area contributed by atoms with Gasteiger partial charge in [0.2, 0.25) is 5.91 Å². The lowest BCUT2D eigenvalue weighted by Crippen LogP contribution is -2.41. The SMILES string of the molecule is C[C@H](Cc1cccs1)C(=O)N1CCC(c2cc3cccnc3c(=O)[nH]2)CC1. The van der Waals surface area contributed by atoms with Crippen LogP contribution in [0.15, 0.2) is 46.7 Å². The highest BCUT2D eigenvalue weighted by atomic mass is 32.1. The molecule has 1 saturated heterocycles. The minimum atomic E-state index is -0.133. The van der Waals surface area contributed by atoms with Gasteiger partial charge in [-0.15, -0.1) is 11.3 Å². The second kappa shape index (κ2) is 7.64. The van der Waals surface area contributed by atoms with Crippen LogP contribution >= 0.6 is 11.3 Å². The minimum Gasteiger partial charge on any atom is -0.342 e. The summed E-state index contributed by atoms with van der Waals surface area (Å²) >= 11 is 1.71. The molecule has 5 nitrogen and oxygen atoms in total. The molecule has 6 heteroatoms. The van der Waals surface area contributed by atoms with Crippen LogP contribution in [0, 0.1) is 5.92 Å². The molecule has 4 rings (SSSR count). The maximum atomic E-state index is 12.8. The predicted octanol–water partition coefficient (Wildman–Crippen LogP) is 3.57. The second-order valence-corrected chi connectivity index (χ2v) is 8.31. The van der Waals surface area contributed by atoms with E-state index in [0.717, 1.165) is 43.4 Å². The maximum absolute atomic E-state index is 12.8. The van der Waals surface area contributed by atoms with Crippen LogP contribution in [-0.4, -0.2) is 33.9 Å². The monoisotopic (exact) mass is 381 g/mol. The molecule has 1 amide bonds. The van der Waals surface area contributed by atoms with Crippen molar-refractivity contribution < 1.29 is 4.79 Å². The fraction of sp³-hybridized carbons (Fsp3) is 0.381. The minimum absolute atomic E-state index is 0.00625. The van der Waals surface area contributed by atoms with Crippen LogP contribution in [0.3, 0.4) is 0 Å². The number of fused-ring (bicyclic) bond motifs is 1. The third-order valence-corrected chi connectivity index (χ3v) is 6.28. The smallest absolute Gasteiger partial charge is 0.274 e. The number of pyridine rings is 2. The van der Waals surface area contributed by atoms with Gasteiger partial charge in [0.1, 0.15) is 5.52 Å². The van der Waals surface area contributed by atoms with Gasteiger partial charge in [0.25, 0.3) is 5.56 Å². The van der Waals surface area contributed by atoms with Crippen LogP contribution < -0.4 is 5.56 Å². The molecule has 140 valence electrons. The molecule has 0 saturated carbocycles. The molecule has 1 N–H and O–H groups in total. The summed E-state index contributed by atoms with van der Waals surface area (Å²) in [6.45, 7) is 3.50. The topological polar surface area (TPSA) is 66.1 Å². The van der Waals surface area contributed by atoms with Crippen LogP contribution in [0.2, 0.25) is 0 Å². The maximum Gasteiger partial charge on any atom is 0.274 e. The average Bonchev–Trinajstić information content (AvgIpc) is 3.20. The molecule has 0 bridgehead atoms. The lowest BCUT2D eigenvalue weighted by Gasteiger charge is -2.33. The standard InChI is InChI=1S/C21H23N3O2S/c1-14(12-17-5-3-11-27-17)21(26)24-9-6-15(7-10-24)18-13-16-4-2-8-22-19(16)20(25)23-18/h2-5,8,11,13-15H,6-7,9-10,12H2,1H3,(H,23,25)/t14-/m1/s1. The van der Waals surface area contributed by atoms with Gasteiger partial charge in [0, 0.05) is 47.1 Å². The van der Waals surface area contributed by atoms with Crippen LogP contribution in [0.1, 0.15) is 36.3 Å². The van der Waals surface area contributed by atoms with Crippen molar-refractivity contribution in [3.05, 3.63) is 62.8 Å². The van der Waals surface area contributed by atoms with E-state index in [2.05, 4.69) is 21.4 Å². The Bertz CT molecular complexity index is 988. The van der Waals surface area contributed by atoms with Gasteiger partial charge >= 0.3 is 0 Å². The summed E-state index contributed by atoms with van der Waals surface area (Å²) < 4.78 is 0. The third-order valence-electron chi connectivity index (χ3n) is 5.38. The van der Waals surface area contributed by atoms with Crippen molar-refractivity contribution in [2.75, 3.05) is 13.1 Å². The fourth-order valence-electron chi connectivity index (χ4n) is 3.88. The quantitative estimate of drug-likeness (QED) is 0.751. The molecule has 1 atom stereocenters. The first-order valence-electron chi connectivity index (χ1n) is 9.41. The Balaban J connectivity index is 1.41. The van der Waals surface area contributed by atoms with Crippen molar-refractivity contribution in [3.8, 4) is 0 Å². The molecule has 0 spiro atoms. The molecule has 0 aromatic carbocycles. The van der Waals surface area contributed by atoms with Crippen molar-refractivity contribution in [3.63, 3.8) is 0 Å². The summed E-state index contributed by atoms with van der Waals surface area (Å²) in [5.74, 6) is 0.517. The number of H-pyrrole nitrogens is 1.